The quantitative estimate of drug-likeness (QED) is 0.944. The number of aliphatic hydroxyl groups is 1. The van der Waals surface area contributed by atoms with E-state index >= 15 is 0 Å². The number of nitrogens with zero attached hydrogens (tertiary/aromatic N) is 2. The molecule has 1 aliphatic rings. The van der Waals surface area contributed by atoms with Gasteiger partial charge in [-0.3, -0.25) is 9.36 Å². The molecule has 0 unspecified atom stereocenters. The minimum atomic E-state index is -0.700. The van der Waals surface area contributed by atoms with Crippen molar-refractivity contribution in [1.82, 2.24) is 9.55 Å². The van der Waals surface area contributed by atoms with Gasteiger partial charge in [0.2, 0.25) is 0 Å². The Morgan fingerprint density at radius 3 is 2.73 bits per heavy atom. The Bertz CT molecular complexity index is 732. The highest BCUT2D eigenvalue weighted by atomic mass is 16.3. The van der Waals surface area contributed by atoms with Gasteiger partial charge in [-0.1, -0.05) is 30.2 Å². The maximum atomic E-state index is 12.2. The first-order valence-electron chi connectivity index (χ1n) is 7.86. The first-order chi connectivity index (χ1) is 10.5. The molecule has 1 aromatic carbocycles. The van der Waals surface area contributed by atoms with Crippen molar-refractivity contribution < 1.29 is 5.11 Å². The second-order valence-electron chi connectivity index (χ2n) is 6.31. The molecule has 0 bridgehead atoms. The van der Waals surface area contributed by atoms with Gasteiger partial charge >= 0.3 is 0 Å². The number of rotatable bonds is 4. The lowest BCUT2D eigenvalue weighted by molar-refractivity contribution is 0.153. The van der Waals surface area contributed by atoms with E-state index in [4.69, 9.17) is 0 Å². The molecule has 3 rings (SSSR count). The molecular formula is C18H22N2O2. The molecule has 1 fully saturated rings. The fourth-order valence-corrected chi connectivity index (χ4v) is 2.91. The van der Waals surface area contributed by atoms with E-state index in [9.17, 15) is 9.90 Å². The molecule has 4 nitrogen and oxygen atoms in total. The molecule has 0 saturated heterocycles. The SMILES string of the molecule is Cc1ccc(C)c([C@@H](O)Cn2cnc(C3CCC3)cc2=O)c1. The number of aliphatic hydroxyl groups excluding tert-OH is 1. The Balaban J connectivity index is 1.80. The second kappa shape index (κ2) is 6.05. The minimum Gasteiger partial charge on any atom is -0.387 e. The molecule has 0 spiro atoms. The van der Waals surface area contributed by atoms with Gasteiger partial charge in [-0.15, -0.1) is 0 Å². The van der Waals surface area contributed by atoms with Crippen molar-refractivity contribution in [2.45, 2.75) is 51.7 Å². The average molecular weight is 298 g/mol. The Kier molecular flexibility index (Phi) is 4.12. The number of benzene rings is 1. The molecule has 1 heterocycles. The summed E-state index contributed by atoms with van der Waals surface area (Å²) < 4.78 is 1.49. The summed E-state index contributed by atoms with van der Waals surface area (Å²) in [5.41, 5.74) is 3.82. The lowest BCUT2D eigenvalue weighted by Crippen LogP contribution is -2.25. The highest BCUT2D eigenvalue weighted by Gasteiger charge is 2.21. The molecule has 2 aromatic rings. The molecule has 1 aliphatic carbocycles. The van der Waals surface area contributed by atoms with Crippen LogP contribution < -0.4 is 5.56 Å². The lowest BCUT2D eigenvalue weighted by atomic mass is 9.83. The number of aryl methyl sites for hydroxylation is 2. The van der Waals surface area contributed by atoms with Crippen LogP contribution in [0.4, 0.5) is 0 Å². The van der Waals surface area contributed by atoms with Gasteiger partial charge in [0, 0.05) is 12.0 Å². The van der Waals surface area contributed by atoms with E-state index in [2.05, 4.69) is 4.98 Å². The van der Waals surface area contributed by atoms with Crippen molar-refractivity contribution in [2.75, 3.05) is 0 Å². The fraction of sp³-hybridized carbons (Fsp3) is 0.444. The highest BCUT2D eigenvalue weighted by Crippen LogP contribution is 2.34. The number of hydrogen-bond acceptors (Lipinski definition) is 3. The van der Waals surface area contributed by atoms with Crippen LogP contribution in [0.5, 0.6) is 0 Å². The summed E-state index contributed by atoms with van der Waals surface area (Å²) in [7, 11) is 0. The molecule has 1 aromatic heterocycles. The zero-order valence-corrected chi connectivity index (χ0v) is 13.1. The Morgan fingerprint density at radius 2 is 2.09 bits per heavy atom. The largest absolute Gasteiger partial charge is 0.387 e. The van der Waals surface area contributed by atoms with Gasteiger partial charge in [0.25, 0.3) is 5.56 Å². The summed E-state index contributed by atoms with van der Waals surface area (Å²) >= 11 is 0. The van der Waals surface area contributed by atoms with Crippen LogP contribution >= 0.6 is 0 Å². The van der Waals surface area contributed by atoms with Crippen molar-refractivity contribution >= 4 is 0 Å². The van der Waals surface area contributed by atoms with E-state index in [1.807, 2.05) is 32.0 Å². The van der Waals surface area contributed by atoms with Crippen LogP contribution in [0.15, 0.2) is 35.4 Å². The molecule has 1 saturated carbocycles. The number of hydrogen-bond donors (Lipinski definition) is 1. The molecular weight excluding hydrogens is 276 g/mol. The van der Waals surface area contributed by atoms with Crippen molar-refractivity contribution in [1.29, 1.82) is 0 Å². The molecule has 0 amide bonds. The van der Waals surface area contributed by atoms with Crippen molar-refractivity contribution in [3.8, 4) is 0 Å². The molecule has 4 heteroatoms. The molecule has 0 radical (unpaired) electrons. The van der Waals surface area contributed by atoms with Crippen LogP contribution in [0.2, 0.25) is 0 Å². The second-order valence-corrected chi connectivity index (χ2v) is 6.31. The molecule has 0 aliphatic heterocycles. The zero-order chi connectivity index (χ0) is 15.7. The summed E-state index contributed by atoms with van der Waals surface area (Å²) in [5.74, 6) is 0.450. The van der Waals surface area contributed by atoms with Crippen LogP contribution in [0.1, 0.15) is 53.7 Å². The smallest absolute Gasteiger partial charge is 0.253 e. The predicted octanol–water partition coefficient (Wildman–Crippen LogP) is 2.86. The maximum absolute atomic E-state index is 12.2. The Hall–Kier alpha value is -1.94. The first-order valence-corrected chi connectivity index (χ1v) is 7.86. The summed E-state index contributed by atoms with van der Waals surface area (Å²) in [4.78, 5) is 16.6. The normalized spacial score (nSPS) is 16.3. The van der Waals surface area contributed by atoms with Crippen LogP contribution in [-0.4, -0.2) is 14.7 Å². The third kappa shape index (κ3) is 2.97. The van der Waals surface area contributed by atoms with E-state index in [1.54, 1.807) is 12.4 Å². The van der Waals surface area contributed by atoms with E-state index in [1.165, 1.54) is 11.0 Å². The minimum absolute atomic E-state index is 0.0822. The van der Waals surface area contributed by atoms with Gasteiger partial charge in [0.1, 0.15) is 0 Å². The van der Waals surface area contributed by atoms with Gasteiger partial charge in [-0.05, 0) is 37.8 Å². The average Bonchev–Trinajstić information content (AvgIpc) is 2.42. The molecule has 116 valence electrons. The summed E-state index contributed by atoms with van der Waals surface area (Å²) in [6.07, 6.45) is 4.35. The summed E-state index contributed by atoms with van der Waals surface area (Å²) in [6.45, 7) is 4.20. The van der Waals surface area contributed by atoms with Crippen LogP contribution in [-0.2, 0) is 6.54 Å². The summed E-state index contributed by atoms with van der Waals surface area (Å²) in [6, 6.07) is 7.61. The first kappa shape index (κ1) is 15.0. The molecule has 1 atom stereocenters. The third-order valence-electron chi connectivity index (χ3n) is 4.59. The van der Waals surface area contributed by atoms with Crippen LogP contribution in [0.25, 0.3) is 0 Å². The number of aromatic nitrogens is 2. The van der Waals surface area contributed by atoms with Gasteiger partial charge in [-0.2, -0.15) is 0 Å². The highest BCUT2D eigenvalue weighted by molar-refractivity contribution is 5.32. The van der Waals surface area contributed by atoms with Crippen molar-refractivity contribution in [3.63, 3.8) is 0 Å². The van der Waals surface area contributed by atoms with Crippen molar-refractivity contribution in [2.24, 2.45) is 0 Å². The van der Waals surface area contributed by atoms with Gasteiger partial charge in [0.15, 0.2) is 0 Å². The Morgan fingerprint density at radius 1 is 1.32 bits per heavy atom. The van der Waals surface area contributed by atoms with Crippen molar-refractivity contribution in [3.05, 3.63) is 63.3 Å². The topological polar surface area (TPSA) is 55.1 Å². The zero-order valence-electron chi connectivity index (χ0n) is 13.1. The summed E-state index contributed by atoms with van der Waals surface area (Å²) in [5, 5.41) is 10.5. The predicted molar refractivity (Wildman–Crippen MR) is 86.0 cm³/mol. The van der Waals surface area contributed by atoms with E-state index in [0.717, 1.165) is 35.2 Å². The Labute approximate surface area is 130 Å². The molecule has 22 heavy (non-hydrogen) atoms. The van der Waals surface area contributed by atoms with E-state index in [0.29, 0.717) is 5.92 Å². The maximum Gasteiger partial charge on any atom is 0.253 e. The monoisotopic (exact) mass is 298 g/mol. The lowest BCUT2D eigenvalue weighted by Gasteiger charge is -2.24. The van der Waals surface area contributed by atoms with E-state index in [-0.39, 0.29) is 12.1 Å². The third-order valence-corrected chi connectivity index (χ3v) is 4.59. The molecule has 1 N–H and O–H groups in total. The van der Waals surface area contributed by atoms with Gasteiger partial charge in [-0.25, -0.2) is 4.98 Å². The van der Waals surface area contributed by atoms with Gasteiger partial charge < -0.3 is 5.11 Å². The van der Waals surface area contributed by atoms with E-state index < -0.39 is 6.10 Å². The van der Waals surface area contributed by atoms with Crippen LogP contribution in [0, 0.1) is 13.8 Å². The van der Waals surface area contributed by atoms with Crippen LogP contribution in [0.3, 0.4) is 0 Å². The van der Waals surface area contributed by atoms with Gasteiger partial charge in [0.05, 0.1) is 24.7 Å². The standard InChI is InChI=1S/C18H22N2O2/c1-12-6-7-13(2)15(8-12)17(21)10-20-11-19-16(9-18(20)22)14-4-3-5-14/h6-9,11,14,17,21H,3-5,10H2,1-2H3/t17-/m0/s1. The fourth-order valence-electron chi connectivity index (χ4n) is 2.91.